The van der Waals surface area contributed by atoms with E-state index in [-0.39, 0.29) is 5.56 Å². The van der Waals surface area contributed by atoms with Gasteiger partial charge in [0.1, 0.15) is 0 Å². The molecule has 0 spiro atoms. The Labute approximate surface area is 123 Å². The van der Waals surface area contributed by atoms with Gasteiger partial charge in [-0.15, -0.1) is 0 Å². The van der Waals surface area contributed by atoms with Gasteiger partial charge < -0.3 is 16.2 Å². The minimum absolute atomic E-state index is 0.117. The average Bonchev–Trinajstić information content (AvgIpc) is 2.36. The Bertz CT molecular complexity index is 647. The molecule has 0 aliphatic rings. The summed E-state index contributed by atoms with van der Waals surface area (Å²) >= 11 is 9.21. The van der Waals surface area contributed by atoms with Crippen molar-refractivity contribution in [2.45, 2.75) is 0 Å². The van der Waals surface area contributed by atoms with E-state index in [4.69, 9.17) is 22.4 Å². The maximum atomic E-state index is 11.2. The number of hydrogen-bond acceptors (Lipinski definition) is 3. The van der Waals surface area contributed by atoms with E-state index in [2.05, 4.69) is 21.2 Å². The Kier molecular flexibility index (Phi) is 3.97. The fourth-order valence-corrected chi connectivity index (χ4v) is 2.10. The third-order valence-electron chi connectivity index (χ3n) is 2.52. The highest BCUT2D eigenvalue weighted by atomic mass is 79.9. The van der Waals surface area contributed by atoms with Crippen molar-refractivity contribution in [1.82, 2.24) is 0 Å². The smallest absolute Gasteiger partial charge is 0.337 e. The summed E-state index contributed by atoms with van der Waals surface area (Å²) < 4.78 is 0.713. The van der Waals surface area contributed by atoms with Crippen molar-refractivity contribution in [3.63, 3.8) is 0 Å². The topological polar surface area (TPSA) is 75.4 Å². The van der Waals surface area contributed by atoms with E-state index in [1.54, 1.807) is 30.3 Å². The third kappa shape index (κ3) is 3.00. The van der Waals surface area contributed by atoms with Crippen LogP contribution >= 0.6 is 27.5 Å². The van der Waals surface area contributed by atoms with E-state index in [0.717, 1.165) is 0 Å². The Morgan fingerprint density at radius 2 is 2.05 bits per heavy atom. The SMILES string of the molecule is Nc1cccc(C(=O)O)c1Nc1ccc(Cl)c(Br)c1. The van der Waals surface area contributed by atoms with Gasteiger partial charge in [-0.05, 0) is 46.3 Å². The molecule has 4 nitrogen and oxygen atoms in total. The first kappa shape index (κ1) is 13.7. The fraction of sp³-hybridized carbons (Fsp3) is 0. The van der Waals surface area contributed by atoms with Gasteiger partial charge >= 0.3 is 5.97 Å². The predicted molar refractivity (Wildman–Crippen MR) is 80.2 cm³/mol. The quantitative estimate of drug-likeness (QED) is 0.734. The molecule has 0 saturated heterocycles. The van der Waals surface area contributed by atoms with Crippen molar-refractivity contribution in [3.05, 3.63) is 51.5 Å². The van der Waals surface area contributed by atoms with Gasteiger partial charge in [-0.25, -0.2) is 4.79 Å². The molecule has 0 atom stereocenters. The highest BCUT2D eigenvalue weighted by molar-refractivity contribution is 9.10. The maximum Gasteiger partial charge on any atom is 0.337 e. The number of benzene rings is 2. The summed E-state index contributed by atoms with van der Waals surface area (Å²) in [5, 5.41) is 12.7. The molecule has 0 aliphatic heterocycles. The Balaban J connectivity index is 2.42. The fourth-order valence-electron chi connectivity index (χ4n) is 1.61. The largest absolute Gasteiger partial charge is 0.478 e. The first-order chi connectivity index (χ1) is 8.99. The molecule has 0 fully saturated rings. The molecule has 2 aromatic carbocycles. The minimum atomic E-state index is -1.04. The standard InChI is InChI=1S/C13H10BrClN2O2/c14-9-6-7(4-5-10(9)15)17-12-8(13(18)19)2-1-3-11(12)16/h1-6,17H,16H2,(H,18,19). The molecule has 0 bridgehead atoms. The van der Waals surface area contributed by atoms with Crippen molar-refractivity contribution in [3.8, 4) is 0 Å². The molecule has 0 radical (unpaired) electrons. The molecule has 0 aliphatic carbocycles. The number of para-hydroxylation sites is 1. The molecule has 0 saturated carbocycles. The van der Waals surface area contributed by atoms with Crippen LogP contribution in [-0.2, 0) is 0 Å². The van der Waals surface area contributed by atoms with Crippen LogP contribution in [0.4, 0.5) is 17.1 Å². The van der Waals surface area contributed by atoms with Crippen LogP contribution in [-0.4, -0.2) is 11.1 Å². The van der Waals surface area contributed by atoms with Gasteiger partial charge in [-0.3, -0.25) is 0 Å². The van der Waals surface area contributed by atoms with Crippen LogP contribution in [0.2, 0.25) is 5.02 Å². The van der Waals surface area contributed by atoms with Crippen molar-refractivity contribution < 1.29 is 9.90 Å². The Morgan fingerprint density at radius 3 is 2.68 bits per heavy atom. The van der Waals surface area contributed by atoms with Gasteiger partial charge in [0.2, 0.25) is 0 Å². The zero-order valence-electron chi connectivity index (χ0n) is 9.65. The zero-order chi connectivity index (χ0) is 14.0. The normalized spacial score (nSPS) is 10.2. The maximum absolute atomic E-state index is 11.2. The van der Waals surface area contributed by atoms with Gasteiger partial charge in [0.25, 0.3) is 0 Å². The summed E-state index contributed by atoms with van der Waals surface area (Å²) in [5.41, 5.74) is 7.35. The number of rotatable bonds is 3. The highest BCUT2D eigenvalue weighted by Crippen LogP contribution is 2.31. The van der Waals surface area contributed by atoms with Crippen molar-refractivity contribution in [2.24, 2.45) is 0 Å². The highest BCUT2D eigenvalue weighted by Gasteiger charge is 2.13. The number of nitrogens with two attached hydrogens (primary N) is 1. The van der Waals surface area contributed by atoms with Crippen molar-refractivity contribution >= 4 is 50.6 Å². The van der Waals surface area contributed by atoms with E-state index < -0.39 is 5.97 Å². The molecule has 0 amide bonds. The summed E-state index contributed by atoms with van der Waals surface area (Å²) in [7, 11) is 0. The minimum Gasteiger partial charge on any atom is -0.478 e. The monoisotopic (exact) mass is 340 g/mol. The number of carboxylic acids is 1. The molecule has 4 N–H and O–H groups in total. The number of anilines is 3. The average molecular weight is 342 g/mol. The van der Waals surface area contributed by atoms with E-state index in [9.17, 15) is 4.79 Å². The Morgan fingerprint density at radius 1 is 1.32 bits per heavy atom. The van der Waals surface area contributed by atoms with E-state index in [1.807, 2.05) is 0 Å². The summed E-state index contributed by atoms with van der Waals surface area (Å²) in [6.45, 7) is 0. The molecular formula is C13H10BrClN2O2. The second kappa shape index (κ2) is 5.50. The van der Waals surface area contributed by atoms with E-state index >= 15 is 0 Å². The van der Waals surface area contributed by atoms with Crippen LogP contribution in [0, 0.1) is 0 Å². The number of halogens is 2. The molecular weight excluding hydrogens is 332 g/mol. The molecule has 6 heteroatoms. The van der Waals surface area contributed by atoms with Gasteiger partial charge in [0, 0.05) is 10.2 Å². The first-order valence-corrected chi connectivity index (χ1v) is 6.50. The lowest BCUT2D eigenvalue weighted by atomic mass is 10.1. The lowest BCUT2D eigenvalue weighted by molar-refractivity contribution is 0.0698. The summed E-state index contributed by atoms with van der Waals surface area (Å²) in [6, 6.07) is 9.92. The third-order valence-corrected chi connectivity index (χ3v) is 3.73. The second-order valence-corrected chi connectivity index (χ2v) is 5.09. The Hall–Kier alpha value is -1.72. The first-order valence-electron chi connectivity index (χ1n) is 5.33. The van der Waals surface area contributed by atoms with Crippen molar-refractivity contribution in [1.29, 1.82) is 0 Å². The molecule has 2 rings (SSSR count). The molecule has 0 aromatic heterocycles. The van der Waals surface area contributed by atoms with Gasteiger partial charge in [-0.2, -0.15) is 0 Å². The van der Waals surface area contributed by atoms with Crippen LogP contribution in [0.25, 0.3) is 0 Å². The van der Waals surface area contributed by atoms with Crippen LogP contribution in [0.3, 0.4) is 0 Å². The van der Waals surface area contributed by atoms with Gasteiger partial charge in [0.05, 0.1) is 22.0 Å². The summed E-state index contributed by atoms with van der Waals surface area (Å²) in [6.07, 6.45) is 0. The van der Waals surface area contributed by atoms with Crippen LogP contribution in [0.1, 0.15) is 10.4 Å². The number of carbonyl (C=O) groups is 1. The molecule has 2 aromatic rings. The number of nitrogens with one attached hydrogen (secondary N) is 1. The number of hydrogen-bond donors (Lipinski definition) is 3. The number of carboxylic acid groups (broad SMARTS) is 1. The predicted octanol–water partition coefficient (Wildman–Crippen LogP) is 4.13. The number of nitrogen functional groups attached to an aromatic ring is 1. The van der Waals surface area contributed by atoms with Gasteiger partial charge in [0.15, 0.2) is 0 Å². The molecule has 98 valence electrons. The summed E-state index contributed by atoms with van der Waals surface area (Å²) in [5.74, 6) is -1.04. The molecule has 0 unspecified atom stereocenters. The van der Waals surface area contributed by atoms with E-state index in [0.29, 0.717) is 26.6 Å². The summed E-state index contributed by atoms with van der Waals surface area (Å²) in [4.78, 5) is 11.2. The zero-order valence-corrected chi connectivity index (χ0v) is 12.0. The lowest BCUT2D eigenvalue weighted by Gasteiger charge is -2.12. The number of aromatic carboxylic acids is 1. The van der Waals surface area contributed by atoms with Crippen molar-refractivity contribution in [2.75, 3.05) is 11.1 Å². The molecule has 19 heavy (non-hydrogen) atoms. The van der Waals surface area contributed by atoms with Crippen LogP contribution in [0.15, 0.2) is 40.9 Å². The molecule has 0 heterocycles. The van der Waals surface area contributed by atoms with Crippen LogP contribution in [0.5, 0.6) is 0 Å². The second-order valence-electron chi connectivity index (χ2n) is 3.83. The van der Waals surface area contributed by atoms with Gasteiger partial charge in [-0.1, -0.05) is 17.7 Å². The van der Waals surface area contributed by atoms with E-state index in [1.165, 1.54) is 6.07 Å². The van der Waals surface area contributed by atoms with Crippen LogP contribution < -0.4 is 11.1 Å². The lowest BCUT2D eigenvalue weighted by Crippen LogP contribution is -2.05.